The molecule has 2 aromatic heterocycles. The van der Waals surface area contributed by atoms with Crippen LogP contribution in [0.15, 0.2) is 40.8 Å². The Balaban J connectivity index is 1.63. The third-order valence-corrected chi connectivity index (χ3v) is 3.98. The molecule has 0 aliphatic rings. The van der Waals surface area contributed by atoms with Crippen molar-refractivity contribution in [1.29, 1.82) is 0 Å². The monoisotopic (exact) mass is 367 g/mol. The molecule has 2 amide bonds. The van der Waals surface area contributed by atoms with E-state index in [1.807, 2.05) is 26.1 Å². The molecule has 2 heterocycles. The Labute approximate surface area is 156 Å². The molecule has 1 N–H and O–H groups in total. The van der Waals surface area contributed by atoms with Crippen molar-refractivity contribution in [3.63, 3.8) is 0 Å². The van der Waals surface area contributed by atoms with Crippen molar-refractivity contribution >= 4 is 11.8 Å². The van der Waals surface area contributed by atoms with Crippen LogP contribution in [0.2, 0.25) is 0 Å². The zero-order valence-corrected chi connectivity index (χ0v) is 15.7. The fourth-order valence-electron chi connectivity index (χ4n) is 2.61. The van der Waals surface area contributed by atoms with Crippen LogP contribution in [0, 0.1) is 6.92 Å². The summed E-state index contributed by atoms with van der Waals surface area (Å²) >= 11 is 0. The Morgan fingerprint density at radius 2 is 1.85 bits per heavy atom. The topological polar surface area (TPSA) is 93.3 Å². The van der Waals surface area contributed by atoms with Gasteiger partial charge in [-0.3, -0.25) is 9.59 Å². The summed E-state index contributed by atoms with van der Waals surface area (Å²) in [5.41, 5.74) is 1.40. The standard InChI is InChI=1S/C19H21N5O3/c1-12-21-17(24(4)22-12)13-5-7-14(8-6-13)18(25)20-11-15-9-10-16(27-15)19(26)23(2)3/h5-10H,11H2,1-4H3,(H,20,25). The first-order valence-electron chi connectivity index (χ1n) is 8.42. The van der Waals surface area contributed by atoms with Crippen LogP contribution in [-0.4, -0.2) is 45.6 Å². The maximum absolute atomic E-state index is 12.3. The van der Waals surface area contributed by atoms with Gasteiger partial charge >= 0.3 is 0 Å². The fraction of sp³-hybridized carbons (Fsp3) is 0.263. The molecular formula is C19H21N5O3. The second-order valence-electron chi connectivity index (χ2n) is 6.33. The number of carbonyl (C=O) groups is 2. The van der Waals surface area contributed by atoms with E-state index >= 15 is 0 Å². The Hall–Kier alpha value is -3.42. The summed E-state index contributed by atoms with van der Waals surface area (Å²) in [6.07, 6.45) is 0. The lowest BCUT2D eigenvalue weighted by Gasteiger charge is -2.07. The smallest absolute Gasteiger partial charge is 0.289 e. The van der Waals surface area contributed by atoms with Crippen LogP contribution in [0.25, 0.3) is 11.4 Å². The minimum Gasteiger partial charge on any atom is -0.454 e. The molecule has 3 rings (SSSR count). The van der Waals surface area contributed by atoms with E-state index < -0.39 is 0 Å². The van der Waals surface area contributed by atoms with Crippen LogP contribution in [0.5, 0.6) is 0 Å². The number of aromatic nitrogens is 3. The molecule has 27 heavy (non-hydrogen) atoms. The molecule has 0 saturated heterocycles. The highest BCUT2D eigenvalue weighted by Gasteiger charge is 2.14. The minimum atomic E-state index is -0.229. The van der Waals surface area contributed by atoms with Gasteiger partial charge in [-0.15, -0.1) is 0 Å². The summed E-state index contributed by atoms with van der Waals surface area (Å²) in [5, 5.41) is 7.00. The first-order valence-corrected chi connectivity index (χ1v) is 8.42. The Morgan fingerprint density at radius 3 is 2.44 bits per heavy atom. The van der Waals surface area contributed by atoms with E-state index in [0.29, 0.717) is 17.1 Å². The lowest BCUT2D eigenvalue weighted by molar-refractivity contribution is 0.0794. The van der Waals surface area contributed by atoms with Crippen molar-refractivity contribution in [2.24, 2.45) is 7.05 Å². The van der Waals surface area contributed by atoms with Crippen LogP contribution in [0.3, 0.4) is 0 Å². The van der Waals surface area contributed by atoms with E-state index in [-0.39, 0.29) is 24.1 Å². The fourth-order valence-corrected chi connectivity index (χ4v) is 2.61. The number of nitrogens with one attached hydrogen (secondary N) is 1. The molecule has 3 aromatic rings. The Morgan fingerprint density at radius 1 is 1.15 bits per heavy atom. The molecule has 0 saturated carbocycles. The van der Waals surface area contributed by atoms with E-state index in [1.54, 1.807) is 43.0 Å². The van der Waals surface area contributed by atoms with Gasteiger partial charge in [0, 0.05) is 32.3 Å². The van der Waals surface area contributed by atoms with Gasteiger partial charge in [-0.05, 0) is 31.2 Å². The van der Waals surface area contributed by atoms with E-state index in [9.17, 15) is 9.59 Å². The summed E-state index contributed by atoms with van der Waals surface area (Å²) in [4.78, 5) is 29.9. The molecule has 140 valence electrons. The summed E-state index contributed by atoms with van der Waals surface area (Å²) in [5.74, 6) is 1.75. The number of benzene rings is 1. The van der Waals surface area contributed by atoms with Crippen LogP contribution in [0.1, 0.15) is 32.5 Å². The lowest BCUT2D eigenvalue weighted by Crippen LogP contribution is -2.22. The number of hydrogen-bond acceptors (Lipinski definition) is 5. The van der Waals surface area contributed by atoms with E-state index in [0.717, 1.165) is 11.4 Å². The maximum atomic E-state index is 12.3. The molecule has 8 heteroatoms. The second kappa shape index (κ2) is 7.45. The highest BCUT2D eigenvalue weighted by atomic mass is 16.4. The zero-order chi connectivity index (χ0) is 19.6. The number of nitrogens with zero attached hydrogens (tertiary/aromatic N) is 4. The Bertz CT molecular complexity index is 970. The summed E-state index contributed by atoms with van der Waals surface area (Å²) in [6.45, 7) is 2.03. The molecule has 0 bridgehead atoms. The first-order chi connectivity index (χ1) is 12.8. The van der Waals surface area contributed by atoms with Crippen LogP contribution < -0.4 is 5.32 Å². The third kappa shape index (κ3) is 4.05. The molecule has 0 aliphatic heterocycles. The second-order valence-corrected chi connectivity index (χ2v) is 6.33. The van der Waals surface area contributed by atoms with Crippen LogP contribution >= 0.6 is 0 Å². The van der Waals surface area contributed by atoms with Crippen LogP contribution in [0.4, 0.5) is 0 Å². The number of furan rings is 1. The van der Waals surface area contributed by atoms with Gasteiger partial charge in [-0.1, -0.05) is 12.1 Å². The van der Waals surface area contributed by atoms with Crippen molar-refractivity contribution < 1.29 is 14.0 Å². The van der Waals surface area contributed by atoms with Crippen molar-refractivity contribution in [3.05, 3.63) is 59.3 Å². The molecule has 0 atom stereocenters. The van der Waals surface area contributed by atoms with Gasteiger partial charge in [0.25, 0.3) is 11.8 Å². The van der Waals surface area contributed by atoms with Gasteiger partial charge in [0.05, 0.1) is 6.54 Å². The molecule has 0 fully saturated rings. The van der Waals surface area contributed by atoms with Gasteiger partial charge in [0.2, 0.25) is 0 Å². The quantitative estimate of drug-likeness (QED) is 0.745. The molecule has 8 nitrogen and oxygen atoms in total. The summed E-state index contributed by atoms with van der Waals surface area (Å²) in [6, 6.07) is 10.4. The summed E-state index contributed by atoms with van der Waals surface area (Å²) < 4.78 is 7.16. The van der Waals surface area contributed by atoms with Crippen LogP contribution in [-0.2, 0) is 13.6 Å². The van der Waals surface area contributed by atoms with Crippen molar-refractivity contribution in [2.75, 3.05) is 14.1 Å². The summed E-state index contributed by atoms with van der Waals surface area (Å²) in [7, 11) is 5.13. The molecule has 0 radical (unpaired) electrons. The third-order valence-electron chi connectivity index (χ3n) is 3.98. The Kier molecular flexibility index (Phi) is 5.07. The average molecular weight is 367 g/mol. The predicted octanol–water partition coefficient (Wildman–Crippen LogP) is 2.02. The maximum Gasteiger partial charge on any atom is 0.289 e. The van der Waals surface area contributed by atoms with Gasteiger partial charge < -0.3 is 14.6 Å². The first kappa shape index (κ1) is 18.4. The van der Waals surface area contributed by atoms with Gasteiger partial charge in [-0.25, -0.2) is 9.67 Å². The highest BCUT2D eigenvalue weighted by Crippen LogP contribution is 2.17. The van der Waals surface area contributed by atoms with Gasteiger partial charge in [0.1, 0.15) is 11.6 Å². The van der Waals surface area contributed by atoms with Crippen molar-refractivity contribution in [3.8, 4) is 11.4 Å². The number of rotatable bonds is 5. The predicted molar refractivity (Wildman–Crippen MR) is 99.1 cm³/mol. The van der Waals surface area contributed by atoms with Gasteiger partial charge in [-0.2, -0.15) is 5.10 Å². The average Bonchev–Trinajstić information content (AvgIpc) is 3.25. The van der Waals surface area contributed by atoms with Gasteiger partial charge in [0.15, 0.2) is 11.6 Å². The van der Waals surface area contributed by atoms with Crippen molar-refractivity contribution in [2.45, 2.75) is 13.5 Å². The number of hydrogen-bond donors (Lipinski definition) is 1. The minimum absolute atomic E-state index is 0.198. The lowest BCUT2D eigenvalue weighted by atomic mass is 10.1. The highest BCUT2D eigenvalue weighted by molar-refractivity contribution is 5.94. The molecular weight excluding hydrogens is 346 g/mol. The molecule has 0 spiro atoms. The zero-order valence-electron chi connectivity index (χ0n) is 15.7. The van der Waals surface area contributed by atoms with E-state index in [2.05, 4.69) is 15.4 Å². The van der Waals surface area contributed by atoms with E-state index in [4.69, 9.17) is 4.42 Å². The molecule has 0 aliphatic carbocycles. The molecule has 0 unspecified atom stereocenters. The number of carbonyl (C=O) groups excluding carboxylic acids is 2. The van der Waals surface area contributed by atoms with E-state index in [1.165, 1.54) is 4.90 Å². The number of amides is 2. The molecule has 1 aromatic carbocycles. The normalized spacial score (nSPS) is 10.7. The van der Waals surface area contributed by atoms with Crippen molar-refractivity contribution in [1.82, 2.24) is 25.0 Å². The SMILES string of the molecule is Cc1nc(-c2ccc(C(=O)NCc3ccc(C(=O)N(C)C)o3)cc2)n(C)n1. The largest absolute Gasteiger partial charge is 0.454 e. The number of aryl methyl sites for hydroxylation is 2.